The van der Waals surface area contributed by atoms with E-state index in [4.69, 9.17) is 0 Å². The van der Waals surface area contributed by atoms with Gasteiger partial charge in [0.15, 0.2) is 0 Å². The molecule has 21 heavy (non-hydrogen) atoms. The first-order valence-corrected chi connectivity index (χ1v) is 8.83. The molecule has 0 aliphatic heterocycles. The predicted molar refractivity (Wildman–Crippen MR) is 83.5 cm³/mol. The maximum atomic E-state index is 13.6. The quantitative estimate of drug-likeness (QED) is 0.856. The van der Waals surface area contributed by atoms with Crippen LogP contribution in [-0.4, -0.2) is 14.5 Å². The van der Waals surface area contributed by atoms with Crippen LogP contribution in [0.1, 0.15) is 18.7 Å². The van der Waals surface area contributed by atoms with Gasteiger partial charge in [0.25, 0.3) is 10.0 Å². The molecule has 0 aliphatic carbocycles. The molecule has 7 heteroatoms. The van der Waals surface area contributed by atoms with Crippen LogP contribution in [0.25, 0.3) is 0 Å². The number of para-hydroxylation sites is 1. The van der Waals surface area contributed by atoms with Crippen LogP contribution in [-0.2, 0) is 16.6 Å². The maximum Gasteiger partial charge on any atom is 0.263 e. The summed E-state index contributed by atoms with van der Waals surface area (Å²) < 4.78 is 40.6. The third kappa shape index (κ3) is 4.03. The standard InChI is InChI=1S/C14H17FN2O2S2/c1-10(2)16-9-13-14(7-8-20-13)21(18,19)17-12-6-4-3-5-11(12)15/h3-8,10,16-17H,9H2,1-2H3. The van der Waals surface area contributed by atoms with Crippen molar-refractivity contribution in [2.24, 2.45) is 0 Å². The Hall–Kier alpha value is -1.44. The molecule has 2 N–H and O–H groups in total. The van der Waals surface area contributed by atoms with E-state index >= 15 is 0 Å². The van der Waals surface area contributed by atoms with Crippen LogP contribution < -0.4 is 10.0 Å². The van der Waals surface area contributed by atoms with Gasteiger partial charge in [0.1, 0.15) is 10.7 Å². The summed E-state index contributed by atoms with van der Waals surface area (Å²) in [6.07, 6.45) is 0. The van der Waals surface area contributed by atoms with E-state index in [0.717, 1.165) is 0 Å². The van der Waals surface area contributed by atoms with Crippen molar-refractivity contribution in [2.45, 2.75) is 31.3 Å². The highest BCUT2D eigenvalue weighted by atomic mass is 32.2. The molecule has 1 aromatic carbocycles. The van der Waals surface area contributed by atoms with Crippen molar-refractivity contribution in [2.75, 3.05) is 4.72 Å². The van der Waals surface area contributed by atoms with Crippen molar-refractivity contribution in [1.82, 2.24) is 5.32 Å². The van der Waals surface area contributed by atoms with Gasteiger partial charge in [0.2, 0.25) is 0 Å². The first-order valence-electron chi connectivity index (χ1n) is 6.47. The van der Waals surface area contributed by atoms with Gasteiger partial charge in [0, 0.05) is 17.5 Å². The van der Waals surface area contributed by atoms with Gasteiger partial charge in [-0.25, -0.2) is 12.8 Å². The Morgan fingerprint density at radius 2 is 1.95 bits per heavy atom. The second kappa shape index (κ2) is 6.55. The highest BCUT2D eigenvalue weighted by Gasteiger charge is 2.21. The van der Waals surface area contributed by atoms with E-state index in [1.807, 2.05) is 13.8 Å². The van der Waals surface area contributed by atoms with E-state index in [9.17, 15) is 12.8 Å². The number of hydrogen-bond donors (Lipinski definition) is 2. The fourth-order valence-electron chi connectivity index (χ4n) is 1.74. The third-order valence-corrected chi connectivity index (χ3v) is 5.28. The molecule has 0 atom stereocenters. The third-order valence-electron chi connectivity index (χ3n) is 2.78. The fraction of sp³-hybridized carbons (Fsp3) is 0.286. The zero-order valence-corrected chi connectivity index (χ0v) is 13.4. The smallest absolute Gasteiger partial charge is 0.263 e. The number of sulfonamides is 1. The number of halogens is 1. The van der Waals surface area contributed by atoms with Crippen LogP contribution in [0.5, 0.6) is 0 Å². The highest BCUT2D eigenvalue weighted by Crippen LogP contribution is 2.25. The average Bonchev–Trinajstić information content (AvgIpc) is 2.88. The van der Waals surface area contributed by atoms with Crippen molar-refractivity contribution in [3.63, 3.8) is 0 Å². The number of hydrogen-bond acceptors (Lipinski definition) is 4. The summed E-state index contributed by atoms with van der Waals surface area (Å²) in [7, 11) is -3.79. The minimum absolute atomic E-state index is 0.0496. The van der Waals surface area contributed by atoms with Crippen molar-refractivity contribution < 1.29 is 12.8 Å². The van der Waals surface area contributed by atoms with E-state index in [1.165, 1.54) is 35.6 Å². The van der Waals surface area contributed by atoms with Crippen LogP contribution in [0.3, 0.4) is 0 Å². The monoisotopic (exact) mass is 328 g/mol. The summed E-state index contributed by atoms with van der Waals surface area (Å²) in [6.45, 7) is 4.43. The van der Waals surface area contributed by atoms with E-state index in [0.29, 0.717) is 11.4 Å². The molecule has 1 heterocycles. The van der Waals surface area contributed by atoms with Gasteiger partial charge in [-0.3, -0.25) is 4.72 Å². The van der Waals surface area contributed by atoms with Gasteiger partial charge in [0.05, 0.1) is 5.69 Å². The van der Waals surface area contributed by atoms with Crippen LogP contribution >= 0.6 is 11.3 Å². The molecule has 4 nitrogen and oxygen atoms in total. The summed E-state index contributed by atoms with van der Waals surface area (Å²) in [5.41, 5.74) is -0.0496. The molecule has 0 aliphatic rings. The highest BCUT2D eigenvalue weighted by molar-refractivity contribution is 7.93. The summed E-state index contributed by atoms with van der Waals surface area (Å²) in [5.74, 6) is -0.599. The fourth-order valence-corrected chi connectivity index (χ4v) is 4.20. The molecular weight excluding hydrogens is 311 g/mol. The van der Waals surface area contributed by atoms with Gasteiger partial charge in [-0.2, -0.15) is 0 Å². The zero-order chi connectivity index (χ0) is 15.5. The lowest BCUT2D eigenvalue weighted by atomic mass is 10.3. The number of anilines is 1. The van der Waals surface area contributed by atoms with E-state index in [2.05, 4.69) is 10.0 Å². The lowest BCUT2D eigenvalue weighted by molar-refractivity contribution is 0.581. The van der Waals surface area contributed by atoms with Crippen molar-refractivity contribution in [3.8, 4) is 0 Å². The number of nitrogens with one attached hydrogen (secondary N) is 2. The molecule has 0 fully saturated rings. The molecule has 0 radical (unpaired) electrons. The van der Waals surface area contributed by atoms with Crippen molar-refractivity contribution in [3.05, 3.63) is 46.4 Å². The Kier molecular flexibility index (Phi) is 4.97. The molecule has 2 aromatic rings. The molecule has 114 valence electrons. The lowest BCUT2D eigenvalue weighted by Gasteiger charge is -2.11. The van der Waals surface area contributed by atoms with Crippen LogP contribution in [0, 0.1) is 5.82 Å². The molecular formula is C14H17FN2O2S2. The van der Waals surface area contributed by atoms with E-state index < -0.39 is 15.8 Å². The average molecular weight is 328 g/mol. The Bertz CT molecular complexity index is 711. The molecule has 0 unspecified atom stereocenters. The Balaban J connectivity index is 2.24. The maximum absolute atomic E-state index is 13.6. The number of rotatable bonds is 6. The second-order valence-corrected chi connectivity index (χ2v) is 7.48. The SMILES string of the molecule is CC(C)NCc1sccc1S(=O)(=O)Nc1ccccc1F. The summed E-state index contributed by atoms with van der Waals surface area (Å²) >= 11 is 1.36. The first kappa shape index (κ1) is 15.9. The van der Waals surface area contributed by atoms with Crippen LogP contribution in [0.4, 0.5) is 10.1 Å². The van der Waals surface area contributed by atoms with Crippen molar-refractivity contribution >= 4 is 27.0 Å². The van der Waals surface area contributed by atoms with E-state index in [-0.39, 0.29) is 16.6 Å². The summed E-state index contributed by atoms with van der Waals surface area (Å²) in [4.78, 5) is 0.886. The number of benzene rings is 1. The van der Waals surface area contributed by atoms with Gasteiger partial charge in [-0.1, -0.05) is 26.0 Å². The summed E-state index contributed by atoms with van der Waals surface area (Å²) in [6, 6.07) is 7.48. The molecule has 0 bridgehead atoms. The van der Waals surface area contributed by atoms with Crippen molar-refractivity contribution in [1.29, 1.82) is 0 Å². The molecule has 2 rings (SSSR count). The lowest BCUT2D eigenvalue weighted by Crippen LogP contribution is -2.23. The second-order valence-electron chi connectivity index (χ2n) is 4.83. The molecule has 1 aromatic heterocycles. The molecule has 0 saturated heterocycles. The van der Waals surface area contributed by atoms with Gasteiger partial charge in [-0.05, 0) is 23.6 Å². The van der Waals surface area contributed by atoms with Gasteiger partial charge >= 0.3 is 0 Å². The van der Waals surface area contributed by atoms with Crippen LogP contribution in [0.2, 0.25) is 0 Å². The molecule has 0 amide bonds. The molecule has 0 saturated carbocycles. The number of thiophene rings is 1. The molecule has 0 spiro atoms. The predicted octanol–water partition coefficient (Wildman–Crippen LogP) is 3.19. The normalized spacial score (nSPS) is 11.8. The Morgan fingerprint density at radius 1 is 1.24 bits per heavy atom. The zero-order valence-electron chi connectivity index (χ0n) is 11.8. The largest absolute Gasteiger partial charge is 0.310 e. The van der Waals surface area contributed by atoms with E-state index in [1.54, 1.807) is 11.4 Å². The Morgan fingerprint density at radius 3 is 2.62 bits per heavy atom. The van der Waals surface area contributed by atoms with Gasteiger partial charge < -0.3 is 5.32 Å². The topological polar surface area (TPSA) is 58.2 Å². The van der Waals surface area contributed by atoms with Gasteiger partial charge in [-0.15, -0.1) is 11.3 Å². The summed E-state index contributed by atoms with van der Waals surface area (Å²) in [5, 5.41) is 4.90. The minimum Gasteiger partial charge on any atom is -0.310 e. The van der Waals surface area contributed by atoms with Crippen LogP contribution in [0.15, 0.2) is 40.6 Å². The minimum atomic E-state index is -3.79. The first-order chi connectivity index (χ1) is 9.90. The Labute approximate surface area is 128 Å².